The molecule has 0 radical (unpaired) electrons. The maximum Gasteiger partial charge on any atom is 0.0542 e. The largest absolute Gasteiger partial charge is 0.399 e. The number of hydrogen-bond donors (Lipinski definition) is 1. The van der Waals surface area contributed by atoms with E-state index in [2.05, 4.69) is 113 Å². The Bertz CT molecular complexity index is 1510. The van der Waals surface area contributed by atoms with Crippen LogP contribution in [0.3, 0.4) is 0 Å². The summed E-state index contributed by atoms with van der Waals surface area (Å²) in [4.78, 5) is 2.36. The predicted molar refractivity (Wildman–Crippen MR) is 140 cm³/mol. The highest BCUT2D eigenvalue weighted by atomic mass is 15.1. The Morgan fingerprint density at radius 1 is 0.697 bits per heavy atom. The molecule has 0 amide bonds. The van der Waals surface area contributed by atoms with Crippen molar-refractivity contribution in [3.63, 3.8) is 0 Å². The number of benzene rings is 4. The quantitative estimate of drug-likeness (QED) is 0.298. The zero-order valence-corrected chi connectivity index (χ0v) is 18.4. The van der Waals surface area contributed by atoms with Gasteiger partial charge in [0.25, 0.3) is 0 Å². The number of anilines is 3. The summed E-state index contributed by atoms with van der Waals surface area (Å²) in [6.07, 6.45) is 8.65. The normalized spacial score (nSPS) is 13.4. The summed E-state index contributed by atoms with van der Waals surface area (Å²) in [6, 6.07) is 34.2. The van der Waals surface area contributed by atoms with Gasteiger partial charge in [0.15, 0.2) is 0 Å². The molecule has 33 heavy (non-hydrogen) atoms. The third kappa shape index (κ3) is 3.39. The first-order valence-electron chi connectivity index (χ1n) is 11.4. The fraction of sp³-hybridized carbons (Fsp3) is 0.0667. The van der Waals surface area contributed by atoms with Gasteiger partial charge in [-0.15, -0.1) is 0 Å². The topological polar surface area (TPSA) is 34.2 Å². The summed E-state index contributed by atoms with van der Waals surface area (Å²) in [5.74, 6) is 0. The molecule has 1 aliphatic carbocycles. The number of para-hydroxylation sites is 2. The molecule has 1 aliphatic rings. The maximum absolute atomic E-state index is 5.99. The minimum Gasteiger partial charge on any atom is -0.399 e. The Morgan fingerprint density at radius 3 is 2.21 bits per heavy atom. The second kappa shape index (κ2) is 8.03. The van der Waals surface area contributed by atoms with Crippen LogP contribution < -0.4 is 10.6 Å². The van der Waals surface area contributed by atoms with Crippen LogP contribution in [0, 0.1) is 0 Å². The molecule has 0 saturated carbocycles. The Morgan fingerprint density at radius 2 is 1.42 bits per heavy atom. The average molecular weight is 428 g/mol. The number of nitrogens with zero attached hydrogens (tertiary/aromatic N) is 2. The minimum absolute atomic E-state index is 0.776. The lowest BCUT2D eigenvalue weighted by atomic mass is 10.1. The molecule has 5 aromatic rings. The second-order valence-electron chi connectivity index (χ2n) is 8.44. The van der Waals surface area contributed by atoms with Crippen LogP contribution in [-0.2, 0) is 0 Å². The van der Waals surface area contributed by atoms with E-state index in [1.165, 1.54) is 33.2 Å². The summed E-state index contributed by atoms with van der Waals surface area (Å²) in [5, 5.41) is 2.51. The zero-order valence-electron chi connectivity index (χ0n) is 18.4. The SMILES string of the molecule is Nc1ccc(N(C2=CC=CCC2)c2ccc3c(c2)c2ccccc2n3-c2ccccc2)cc1. The number of fused-ring (bicyclic) bond motifs is 3. The van der Waals surface area contributed by atoms with Crippen molar-refractivity contribution < 1.29 is 0 Å². The van der Waals surface area contributed by atoms with Gasteiger partial charge in [0.05, 0.1) is 11.0 Å². The number of rotatable bonds is 4. The molecule has 6 rings (SSSR count). The molecule has 3 nitrogen and oxygen atoms in total. The molecule has 0 saturated heterocycles. The fourth-order valence-corrected chi connectivity index (χ4v) is 4.84. The third-order valence-electron chi connectivity index (χ3n) is 6.36. The van der Waals surface area contributed by atoms with E-state index in [0.717, 1.165) is 29.9 Å². The van der Waals surface area contributed by atoms with Crippen LogP contribution in [0.4, 0.5) is 17.1 Å². The Hall–Kier alpha value is -4.24. The molecule has 1 aromatic heterocycles. The molecule has 0 fully saturated rings. The van der Waals surface area contributed by atoms with Gasteiger partial charge in [-0.1, -0.05) is 48.6 Å². The molecule has 0 spiro atoms. The van der Waals surface area contributed by atoms with Crippen LogP contribution in [0.5, 0.6) is 0 Å². The number of allylic oxidation sites excluding steroid dienone is 4. The van der Waals surface area contributed by atoms with Crippen molar-refractivity contribution in [2.75, 3.05) is 10.6 Å². The molecule has 0 unspecified atom stereocenters. The van der Waals surface area contributed by atoms with Crippen molar-refractivity contribution in [1.29, 1.82) is 0 Å². The lowest BCUT2D eigenvalue weighted by Crippen LogP contribution is -2.17. The molecular weight excluding hydrogens is 402 g/mol. The average Bonchev–Trinajstić information content (AvgIpc) is 3.20. The van der Waals surface area contributed by atoms with Crippen molar-refractivity contribution in [3.8, 4) is 5.69 Å². The van der Waals surface area contributed by atoms with Crippen molar-refractivity contribution >= 4 is 38.9 Å². The molecule has 0 bridgehead atoms. The Balaban J connectivity index is 1.59. The highest BCUT2D eigenvalue weighted by Crippen LogP contribution is 2.38. The van der Waals surface area contributed by atoms with Gasteiger partial charge in [0.2, 0.25) is 0 Å². The van der Waals surface area contributed by atoms with Gasteiger partial charge < -0.3 is 15.2 Å². The standard InChI is InChI=1S/C30H25N3/c31-22-15-17-25(18-16-22)32(23-9-3-1-4-10-23)26-19-20-30-28(21-26)27-13-7-8-14-29(27)33(30)24-11-5-2-6-12-24/h1-3,5-9,11-21H,4,10,31H2. The van der Waals surface area contributed by atoms with Gasteiger partial charge in [0, 0.05) is 39.2 Å². The van der Waals surface area contributed by atoms with E-state index in [0.29, 0.717) is 0 Å². The van der Waals surface area contributed by atoms with E-state index in [-0.39, 0.29) is 0 Å². The van der Waals surface area contributed by atoms with Gasteiger partial charge in [-0.05, 0) is 79.6 Å². The van der Waals surface area contributed by atoms with Crippen molar-refractivity contribution in [3.05, 3.63) is 121 Å². The van der Waals surface area contributed by atoms with E-state index in [1.807, 2.05) is 12.1 Å². The van der Waals surface area contributed by atoms with E-state index in [1.54, 1.807) is 0 Å². The van der Waals surface area contributed by atoms with Crippen molar-refractivity contribution in [2.45, 2.75) is 12.8 Å². The lowest BCUT2D eigenvalue weighted by molar-refractivity contribution is 0.918. The van der Waals surface area contributed by atoms with Gasteiger partial charge in [-0.25, -0.2) is 0 Å². The van der Waals surface area contributed by atoms with Crippen LogP contribution in [0.2, 0.25) is 0 Å². The fourth-order valence-electron chi connectivity index (χ4n) is 4.84. The Kier molecular flexibility index (Phi) is 4.73. The van der Waals surface area contributed by atoms with Gasteiger partial charge in [-0.3, -0.25) is 0 Å². The van der Waals surface area contributed by atoms with Crippen LogP contribution >= 0.6 is 0 Å². The summed E-state index contributed by atoms with van der Waals surface area (Å²) in [6.45, 7) is 0. The maximum atomic E-state index is 5.99. The highest BCUT2D eigenvalue weighted by Gasteiger charge is 2.18. The first-order chi connectivity index (χ1) is 16.3. The van der Waals surface area contributed by atoms with Gasteiger partial charge >= 0.3 is 0 Å². The van der Waals surface area contributed by atoms with Crippen molar-refractivity contribution in [1.82, 2.24) is 4.57 Å². The first-order valence-corrected chi connectivity index (χ1v) is 11.4. The monoisotopic (exact) mass is 427 g/mol. The predicted octanol–water partition coefficient (Wildman–Crippen LogP) is 7.74. The number of aromatic nitrogens is 1. The van der Waals surface area contributed by atoms with Crippen LogP contribution in [0.25, 0.3) is 27.5 Å². The number of hydrogen-bond acceptors (Lipinski definition) is 2. The molecule has 4 aromatic carbocycles. The van der Waals surface area contributed by atoms with E-state index in [4.69, 9.17) is 5.73 Å². The first kappa shape index (κ1) is 19.4. The van der Waals surface area contributed by atoms with E-state index >= 15 is 0 Å². The smallest absolute Gasteiger partial charge is 0.0542 e. The molecule has 0 aliphatic heterocycles. The number of nitrogens with two attached hydrogens (primary N) is 1. The molecular formula is C30H25N3. The summed E-state index contributed by atoms with van der Waals surface area (Å²) < 4.78 is 2.35. The van der Waals surface area contributed by atoms with Gasteiger partial charge in [-0.2, -0.15) is 0 Å². The third-order valence-corrected chi connectivity index (χ3v) is 6.36. The van der Waals surface area contributed by atoms with Crippen LogP contribution in [0.1, 0.15) is 12.8 Å². The highest BCUT2D eigenvalue weighted by molar-refractivity contribution is 6.10. The number of nitrogen functional groups attached to an aromatic ring is 1. The van der Waals surface area contributed by atoms with Crippen LogP contribution in [-0.4, -0.2) is 4.57 Å². The summed E-state index contributed by atoms with van der Waals surface area (Å²) in [7, 11) is 0. The van der Waals surface area contributed by atoms with Crippen molar-refractivity contribution in [2.24, 2.45) is 0 Å². The Labute approximate surface area is 193 Å². The molecule has 1 heterocycles. The molecule has 3 heteroatoms. The molecule has 0 atom stereocenters. The summed E-state index contributed by atoms with van der Waals surface area (Å²) >= 11 is 0. The van der Waals surface area contributed by atoms with E-state index in [9.17, 15) is 0 Å². The summed E-state index contributed by atoms with van der Waals surface area (Å²) in [5.41, 5.74) is 13.9. The van der Waals surface area contributed by atoms with E-state index < -0.39 is 0 Å². The molecule has 160 valence electrons. The lowest BCUT2D eigenvalue weighted by Gasteiger charge is -2.29. The van der Waals surface area contributed by atoms with Crippen LogP contribution in [0.15, 0.2) is 121 Å². The zero-order chi connectivity index (χ0) is 22.2. The second-order valence-corrected chi connectivity index (χ2v) is 8.44. The molecule has 2 N–H and O–H groups in total. The minimum atomic E-state index is 0.776. The van der Waals surface area contributed by atoms with Gasteiger partial charge in [0.1, 0.15) is 0 Å².